The Kier molecular flexibility index (Phi) is 3.97. The van der Waals surface area contributed by atoms with Crippen LogP contribution in [0, 0.1) is 5.82 Å². The summed E-state index contributed by atoms with van der Waals surface area (Å²) >= 11 is 0. The van der Waals surface area contributed by atoms with Crippen LogP contribution in [0.4, 0.5) is 4.39 Å². The number of fused-ring (bicyclic) bond motifs is 1. The predicted molar refractivity (Wildman–Crippen MR) is 66.7 cm³/mol. The van der Waals surface area contributed by atoms with Crippen molar-refractivity contribution in [2.75, 3.05) is 6.61 Å². The number of rotatable bonds is 4. The standard InChI is InChI=1S/C14H18FNO2/c1-3-18-14(17)9(2)16-13-7-4-10-8-11(15)5-6-12(10)13/h5-6,8-9,13,16H,3-4,7H2,1-2H3. The van der Waals surface area contributed by atoms with Gasteiger partial charge in [-0.05, 0) is 49.9 Å². The van der Waals surface area contributed by atoms with E-state index >= 15 is 0 Å². The van der Waals surface area contributed by atoms with E-state index in [9.17, 15) is 9.18 Å². The van der Waals surface area contributed by atoms with Crippen molar-refractivity contribution in [1.82, 2.24) is 5.32 Å². The molecule has 1 aromatic rings. The number of benzene rings is 1. The normalized spacial score (nSPS) is 19.4. The largest absolute Gasteiger partial charge is 0.465 e. The highest BCUT2D eigenvalue weighted by Crippen LogP contribution is 2.31. The molecule has 0 spiro atoms. The molecule has 1 aliphatic rings. The van der Waals surface area contributed by atoms with Crippen LogP contribution < -0.4 is 5.32 Å². The third-order valence-electron chi connectivity index (χ3n) is 3.27. The lowest BCUT2D eigenvalue weighted by atomic mass is 10.1. The Labute approximate surface area is 106 Å². The Morgan fingerprint density at radius 3 is 3.11 bits per heavy atom. The van der Waals surface area contributed by atoms with Gasteiger partial charge in [0.05, 0.1) is 6.61 Å². The van der Waals surface area contributed by atoms with Crippen LogP contribution in [0.3, 0.4) is 0 Å². The molecule has 18 heavy (non-hydrogen) atoms. The topological polar surface area (TPSA) is 38.3 Å². The number of ether oxygens (including phenoxy) is 1. The summed E-state index contributed by atoms with van der Waals surface area (Å²) in [6.07, 6.45) is 1.74. The molecule has 0 fully saturated rings. The Hall–Kier alpha value is -1.42. The number of nitrogens with one attached hydrogen (secondary N) is 1. The maximum atomic E-state index is 13.1. The van der Waals surface area contributed by atoms with E-state index in [0.29, 0.717) is 6.61 Å². The van der Waals surface area contributed by atoms with E-state index in [1.807, 2.05) is 0 Å². The number of carbonyl (C=O) groups excluding carboxylic acids is 1. The Bertz CT molecular complexity index is 447. The second-order valence-electron chi connectivity index (χ2n) is 4.57. The van der Waals surface area contributed by atoms with Gasteiger partial charge in [-0.2, -0.15) is 0 Å². The second-order valence-corrected chi connectivity index (χ2v) is 4.57. The van der Waals surface area contributed by atoms with Crippen molar-refractivity contribution in [1.29, 1.82) is 0 Å². The molecule has 98 valence electrons. The monoisotopic (exact) mass is 251 g/mol. The molecule has 4 heteroatoms. The first-order valence-electron chi connectivity index (χ1n) is 6.32. The number of esters is 1. The van der Waals surface area contributed by atoms with E-state index in [0.717, 1.165) is 24.0 Å². The van der Waals surface area contributed by atoms with Crippen LogP contribution in [0.15, 0.2) is 18.2 Å². The maximum absolute atomic E-state index is 13.1. The molecule has 3 nitrogen and oxygen atoms in total. The number of hydrogen-bond acceptors (Lipinski definition) is 3. The van der Waals surface area contributed by atoms with Gasteiger partial charge in [0.25, 0.3) is 0 Å². The van der Waals surface area contributed by atoms with Crippen LogP contribution in [0.25, 0.3) is 0 Å². The van der Waals surface area contributed by atoms with Crippen molar-refractivity contribution in [2.24, 2.45) is 0 Å². The summed E-state index contributed by atoms with van der Waals surface area (Å²) in [6, 6.07) is 4.61. The van der Waals surface area contributed by atoms with Gasteiger partial charge in [0.2, 0.25) is 0 Å². The predicted octanol–water partition coefficient (Wildman–Crippen LogP) is 2.35. The van der Waals surface area contributed by atoms with Crippen molar-refractivity contribution in [2.45, 2.75) is 38.8 Å². The van der Waals surface area contributed by atoms with E-state index in [1.54, 1.807) is 26.0 Å². The molecule has 0 radical (unpaired) electrons. The van der Waals surface area contributed by atoms with E-state index in [2.05, 4.69) is 5.32 Å². The zero-order valence-corrected chi connectivity index (χ0v) is 10.7. The summed E-state index contributed by atoms with van der Waals surface area (Å²) in [6.45, 7) is 3.97. The fourth-order valence-corrected chi connectivity index (χ4v) is 2.40. The number of carbonyl (C=O) groups is 1. The zero-order valence-electron chi connectivity index (χ0n) is 10.7. The summed E-state index contributed by atoms with van der Waals surface area (Å²) < 4.78 is 18.0. The average molecular weight is 251 g/mol. The molecule has 0 saturated carbocycles. The van der Waals surface area contributed by atoms with Crippen molar-refractivity contribution < 1.29 is 13.9 Å². The van der Waals surface area contributed by atoms with Crippen molar-refractivity contribution in [3.63, 3.8) is 0 Å². The van der Waals surface area contributed by atoms with E-state index in [-0.39, 0.29) is 23.9 Å². The molecule has 1 N–H and O–H groups in total. The molecule has 2 rings (SSSR count). The molecular weight excluding hydrogens is 233 g/mol. The summed E-state index contributed by atoms with van der Waals surface area (Å²) in [7, 11) is 0. The zero-order chi connectivity index (χ0) is 13.1. The molecular formula is C14H18FNO2. The average Bonchev–Trinajstić information content (AvgIpc) is 2.72. The molecule has 1 aromatic carbocycles. The summed E-state index contributed by atoms with van der Waals surface area (Å²) in [5.74, 6) is -0.444. The molecule has 1 aliphatic carbocycles. The highest BCUT2D eigenvalue weighted by molar-refractivity contribution is 5.75. The molecule has 2 atom stereocenters. The minimum atomic E-state index is -0.342. The summed E-state index contributed by atoms with van der Waals surface area (Å²) in [5, 5.41) is 3.24. The van der Waals surface area contributed by atoms with Gasteiger partial charge in [0.15, 0.2) is 0 Å². The lowest BCUT2D eigenvalue weighted by Gasteiger charge is -2.19. The fraction of sp³-hybridized carbons (Fsp3) is 0.500. The van der Waals surface area contributed by atoms with Gasteiger partial charge in [-0.3, -0.25) is 10.1 Å². The van der Waals surface area contributed by atoms with Gasteiger partial charge in [-0.15, -0.1) is 0 Å². The van der Waals surface area contributed by atoms with Crippen molar-refractivity contribution >= 4 is 5.97 Å². The maximum Gasteiger partial charge on any atom is 0.322 e. The van der Waals surface area contributed by atoms with Crippen LogP contribution in [0.1, 0.15) is 37.4 Å². The number of hydrogen-bond donors (Lipinski definition) is 1. The third-order valence-corrected chi connectivity index (χ3v) is 3.27. The van der Waals surface area contributed by atoms with Crippen molar-refractivity contribution in [3.8, 4) is 0 Å². The SMILES string of the molecule is CCOC(=O)C(C)NC1CCc2cc(F)ccc21. The van der Waals surface area contributed by atoms with E-state index in [4.69, 9.17) is 4.74 Å². The van der Waals surface area contributed by atoms with Gasteiger partial charge < -0.3 is 4.74 Å². The molecule has 0 heterocycles. The van der Waals surface area contributed by atoms with Gasteiger partial charge >= 0.3 is 5.97 Å². The Balaban J connectivity index is 2.03. The minimum Gasteiger partial charge on any atom is -0.465 e. The van der Waals surface area contributed by atoms with E-state index in [1.165, 1.54) is 6.07 Å². The molecule has 2 unspecified atom stereocenters. The van der Waals surface area contributed by atoms with Gasteiger partial charge in [0, 0.05) is 6.04 Å². The quantitative estimate of drug-likeness (QED) is 0.835. The first-order chi connectivity index (χ1) is 8.61. The molecule has 0 aliphatic heterocycles. The van der Waals surface area contributed by atoms with Gasteiger partial charge in [0.1, 0.15) is 11.9 Å². The van der Waals surface area contributed by atoms with Crippen LogP contribution >= 0.6 is 0 Å². The molecule has 0 bridgehead atoms. The minimum absolute atomic E-state index is 0.111. The first kappa shape index (κ1) is 13.0. The smallest absolute Gasteiger partial charge is 0.322 e. The highest BCUT2D eigenvalue weighted by atomic mass is 19.1. The van der Waals surface area contributed by atoms with Crippen LogP contribution in [0.2, 0.25) is 0 Å². The van der Waals surface area contributed by atoms with Crippen LogP contribution in [0.5, 0.6) is 0 Å². The second kappa shape index (κ2) is 5.48. The van der Waals surface area contributed by atoms with E-state index < -0.39 is 0 Å². The fourth-order valence-electron chi connectivity index (χ4n) is 2.40. The molecule has 0 saturated heterocycles. The van der Waals surface area contributed by atoms with Crippen LogP contribution in [-0.2, 0) is 16.0 Å². The molecule has 0 aromatic heterocycles. The summed E-state index contributed by atoms with van der Waals surface area (Å²) in [5.41, 5.74) is 2.12. The first-order valence-corrected chi connectivity index (χ1v) is 6.32. The third kappa shape index (κ3) is 2.70. The Morgan fingerprint density at radius 2 is 2.39 bits per heavy atom. The highest BCUT2D eigenvalue weighted by Gasteiger charge is 2.26. The molecule has 0 amide bonds. The van der Waals surface area contributed by atoms with Gasteiger partial charge in [-0.25, -0.2) is 4.39 Å². The van der Waals surface area contributed by atoms with Crippen molar-refractivity contribution in [3.05, 3.63) is 35.1 Å². The number of aryl methyl sites for hydroxylation is 1. The lowest BCUT2D eigenvalue weighted by Crippen LogP contribution is -2.37. The van der Waals surface area contributed by atoms with Crippen LogP contribution in [-0.4, -0.2) is 18.6 Å². The Morgan fingerprint density at radius 1 is 1.61 bits per heavy atom. The van der Waals surface area contributed by atoms with Gasteiger partial charge in [-0.1, -0.05) is 6.07 Å². The number of halogens is 1. The summed E-state index contributed by atoms with van der Waals surface area (Å²) in [4.78, 5) is 11.6. The lowest BCUT2D eigenvalue weighted by molar-refractivity contribution is -0.145.